The Morgan fingerprint density at radius 3 is 2.57 bits per heavy atom. The number of carboxylic acids is 1. The molecule has 1 aliphatic rings. The van der Waals surface area contributed by atoms with E-state index in [2.05, 4.69) is 15.5 Å². The van der Waals surface area contributed by atoms with Gasteiger partial charge in [-0.05, 0) is 25.5 Å². The molecule has 0 unspecified atom stereocenters. The number of hydrogen-bond donors (Lipinski definition) is 3. The van der Waals surface area contributed by atoms with Crippen LogP contribution in [-0.4, -0.2) is 48.2 Å². The first-order valence-corrected chi connectivity index (χ1v) is 7.10. The van der Waals surface area contributed by atoms with Crippen molar-refractivity contribution >= 4 is 12.0 Å². The van der Waals surface area contributed by atoms with Gasteiger partial charge in [-0.15, -0.1) is 0 Å². The minimum atomic E-state index is -1.08. The standard InChI is InChI=1S/C15H21N3O3/c1-18(12-7-8-12)10-9-16-15(21)17-13(14(19)20)11-5-3-2-4-6-11/h2-6,12-13H,7-10H2,1H3,(H,19,20)(H2,16,17,21)/t13-/m1/s1. The van der Waals surface area contributed by atoms with Crippen LogP contribution in [0.3, 0.4) is 0 Å². The number of carboxylic acid groups (broad SMARTS) is 1. The number of nitrogens with zero attached hydrogens (tertiary/aromatic N) is 1. The molecule has 1 saturated carbocycles. The van der Waals surface area contributed by atoms with Gasteiger partial charge in [0.25, 0.3) is 0 Å². The third-order valence-electron chi connectivity index (χ3n) is 3.58. The Labute approximate surface area is 124 Å². The number of amides is 2. The first kappa shape index (κ1) is 15.3. The Kier molecular flexibility index (Phi) is 5.16. The molecule has 0 heterocycles. The van der Waals surface area contributed by atoms with Crippen molar-refractivity contribution in [2.75, 3.05) is 20.1 Å². The van der Waals surface area contributed by atoms with Gasteiger partial charge >= 0.3 is 12.0 Å². The maximum absolute atomic E-state index is 11.8. The number of benzene rings is 1. The largest absolute Gasteiger partial charge is 0.479 e. The summed E-state index contributed by atoms with van der Waals surface area (Å²) in [6.45, 7) is 1.27. The second kappa shape index (κ2) is 7.08. The number of carbonyl (C=O) groups is 2. The zero-order chi connectivity index (χ0) is 15.2. The molecule has 0 aromatic heterocycles. The summed E-state index contributed by atoms with van der Waals surface area (Å²) in [7, 11) is 2.03. The molecular weight excluding hydrogens is 270 g/mol. The van der Waals surface area contributed by atoms with Crippen LogP contribution in [0.1, 0.15) is 24.4 Å². The zero-order valence-electron chi connectivity index (χ0n) is 12.1. The maximum atomic E-state index is 11.8. The summed E-state index contributed by atoms with van der Waals surface area (Å²) in [6.07, 6.45) is 2.44. The van der Waals surface area contributed by atoms with Crippen LogP contribution < -0.4 is 10.6 Å². The summed E-state index contributed by atoms with van der Waals surface area (Å²) in [5.41, 5.74) is 0.551. The number of likely N-dealkylation sites (N-methyl/N-ethyl adjacent to an activating group) is 1. The van der Waals surface area contributed by atoms with Crippen molar-refractivity contribution in [1.82, 2.24) is 15.5 Å². The van der Waals surface area contributed by atoms with Gasteiger partial charge in [0.1, 0.15) is 0 Å². The summed E-state index contributed by atoms with van der Waals surface area (Å²) in [5.74, 6) is -1.08. The molecule has 3 N–H and O–H groups in total. The van der Waals surface area contributed by atoms with Crippen molar-refractivity contribution in [3.8, 4) is 0 Å². The lowest BCUT2D eigenvalue weighted by molar-refractivity contribution is -0.139. The molecule has 0 radical (unpaired) electrons. The molecule has 1 atom stereocenters. The minimum Gasteiger partial charge on any atom is -0.479 e. The first-order valence-electron chi connectivity index (χ1n) is 7.10. The molecule has 21 heavy (non-hydrogen) atoms. The van der Waals surface area contributed by atoms with Crippen molar-refractivity contribution in [2.24, 2.45) is 0 Å². The van der Waals surface area contributed by atoms with Crippen LogP contribution >= 0.6 is 0 Å². The average Bonchev–Trinajstić information content (AvgIpc) is 3.30. The van der Waals surface area contributed by atoms with E-state index in [0.717, 1.165) is 6.54 Å². The fourth-order valence-electron chi connectivity index (χ4n) is 2.16. The summed E-state index contributed by atoms with van der Waals surface area (Å²) in [5, 5.41) is 14.4. The Bertz CT molecular complexity index is 488. The quantitative estimate of drug-likeness (QED) is 0.705. The summed E-state index contributed by atoms with van der Waals surface area (Å²) in [4.78, 5) is 25.3. The SMILES string of the molecule is CN(CCNC(=O)N[C@@H](C(=O)O)c1ccccc1)C1CC1. The molecule has 1 aliphatic carbocycles. The van der Waals surface area contributed by atoms with E-state index < -0.39 is 18.0 Å². The smallest absolute Gasteiger partial charge is 0.330 e. The molecule has 6 nitrogen and oxygen atoms in total. The van der Waals surface area contributed by atoms with Gasteiger partial charge in [-0.1, -0.05) is 30.3 Å². The molecule has 2 amide bonds. The number of hydrogen-bond acceptors (Lipinski definition) is 3. The molecule has 0 aliphatic heterocycles. The van der Waals surface area contributed by atoms with Crippen molar-refractivity contribution < 1.29 is 14.7 Å². The van der Waals surface area contributed by atoms with E-state index >= 15 is 0 Å². The molecule has 2 rings (SSSR count). The predicted octanol–water partition coefficient (Wildman–Crippen LogP) is 1.21. The maximum Gasteiger partial charge on any atom is 0.330 e. The third-order valence-corrected chi connectivity index (χ3v) is 3.58. The van der Waals surface area contributed by atoms with Crippen molar-refractivity contribution in [3.63, 3.8) is 0 Å². The molecule has 1 fully saturated rings. The van der Waals surface area contributed by atoms with Crippen LogP contribution in [0.4, 0.5) is 4.79 Å². The van der Waals surface area contributed by atoms with E-state index in [0.29, 0.717) is 18.2 Å². The lowest BCUT2D eigenvalue weighted by atomic mass is 10.1. The normalized spacial score (nSPS) is 15.5. The van der Waals surface area contributed by atoms with Crippen LogP contribution in [0.15, 0.2) is 30.3 Å². The fourth-order valence-corrected chi connectivity index (χ4v) is 2.16. The molecule has 0 bridgehead atoms. The molecule has 6 heteroatoms. The second-order valence-corrected chi connectivity index (χ2v) is 5.29. The van der Waals surface area contributed by atoms with Gasteiger partial charge < -0.3 is 20.6 Å². The number of rotatable bonds is 7. The second-order valence-electron chi connectivity index (χ2n) is 5.29. The van der Waals surface area contributed by atoms with Crippen LogP contribution in [0.2, 0.25) is 0 Å². The summed E-state index contributed by atoms with van der Waals surface area (Å²) < 4.78 is 0. The zero-order valence-corrected chi connectivity index (χ0v) is 12.1. The van der Waals surface area contributed by atoms with E-state index in [1.54, 1.807) is 30.3 Å². The lowest BCUT2D eigenvalue weighted by Crippen LogP contribution is -2.43. The number of carbonyl (C=O) groups excluding carboxylic acids is 1. The Morgan fingerprint density at radius 2 is 2.00 bits per heavy atom. The average molecular weight is 291 g/mol. The molecule has 1 aromatic rings. The van der Waals surface area contributed by atoms with Gasteiger partial charge in [0.15, 0.2) is 6.04 Å². The highest BCUT2D eigenvalue weighted by atomic mass is 16.4. The van der Waals surface area contributed by atoms with Crippen molar-refractivity contribution in [2.45, 2.75) is 24.9 Å². The fraction of sp³-hybridized carbons (Fsp3) is 0.467. The first-order chi connectivity index (χ1) is 10.1. The topological polar surface area (TPSA) is 81.7 Å². The van der Waals surface area contributed by atoms with E-state index in [1.807, 2.05) is 7.05 Å². The van der Waals surface area contributed by atoms with Gasteiger partial charge in [-0.25, -0.2) is 9.59 Å². The predicted molar refractivity (Wildman–Crippen MR) is 79.0 cm³/mol. The Balaban J connectivity index is 1.80. The molecule has 1 aromatic carbocycles. The molecule has 114 valence electrons. The van der Waals surface area contributed by atoms with E-state index in [4.69, 9.17) is 0 Å². The number of urea groups is 1. The van der Waals surface area contributed by atoms with Gasteiger partial charge in [0.05, 0.1) is 0 Å². The highest BCUT2D eigenvalue weighted by Gasteiger charge is 2.26. The number of aliphatic carboxylic acids is 1. The van der Waals surface area contributed by atoms with Gasteiger partial charge in [-0.2, -0.15) is 0 Å². The van der Waals surface area contributed by atoms with Crippen LogP contribution in [0.5, 0.6) is 0 Å². The summed E-state index contributed by atoms with van der Waals surface area (Å²) in [6, 6.07) is 7.80. The molecular formula is C15H21N3O3. The van der Waals surface area contributed by atoms with Gasteiger partial charge in [0.2, 0.25) is 0 Å². The van der Waals surface area contributed by atoms with Gasteiger partial charge in [-0.3, -0.25) is 0 Å². The van der Waals surface area contributed by atoms with Crippen LogP contribution in [0.25, 0.3) is 0 Å². The lowest BCUT2D eigenvalue weighted by Gasteiger charge is -2.18. The summed E-state index contributed by atoms with van der Waals surface area (Å²) >= 11 is 0. The van der Waals surface area contributed by atoms with Crippen molar-refractivity contribution in [3.05, 3.63) is 35.9 Å². The molecule has 0 spiro atoms. The van der Waals surface area contributed by atoms with E-state index in [1.165, 1.54) is 12.8 Å². The van der Waals surface area contributed by atoms with Crippen LogP contribution in [0, 0.1) is 0 Å². The Morgan fingerprint density at radius 1 is 1.33 bits per heavy atom. The van der Waals surface area contributed by atoms with E-state index in [9.17, 15) is 14.7 Å². The van der Waals surface area contributed by atoms with Crippen LogP contribution in [-0.2, 0) is 4.79 Å². The number of nitrogens with one attached hydrogen (secondary N) is 2. The molecule has 0 saturated heterocycles. The van der Waals surface area contributed by atoms with Crippen molar-refractivity contribution in [1.29, 1.82) is 0 Å². The monoisotopic (exact) mass is 291 g/mol. The Hall–Kier alpha value is -2.08. The van der Waals surface area contributed by atoms with E-state index in [-0.39, 0.29) is 0 Å². The minimum absolute atomic E-state index is 0.463. The third kappa shape index (κ3) is 4.75. The van der Waals surface area contributed by atoms with Gasteiger partial charge in [0, 0.05) is 19.1 Å². The highest BCUT2D eigenvalue weighted by molar-refractivity contribution is 5.83. The highest BCUT2D eigenvalue weighted by Crippen LogP contribution is 2.24.